The summed E-state index contributed by atoms with van der Waals surface area (Å²) in [5.41, 5.74) is -1.16. The van der Waals surface area contributed by atoms with Crippen LogP contribution >= 0.6 is 0 Å². The Bertz CT molecular complexity index is 206. The molecule has 0 saturated heterocycles. The fraction of sp³-hybridized carbons (Fsp3) is 0.923. The molecule has 4 nitrogen and oxygen atoms in total. The van der Waals surface area contributed by atoms with E-state index in [0.29, 0.717) is 19.4 Å². The maximum absolute atomic E-state index is 11.3. The summed E-state index contributed by atoms with van der Waals surface area (Å²) in [5, 5.41) is 9.25. The molecule has 0 saturated carbocycles. The van der Waals surface area contributed by atoms with Crippen molar-refractivity contribution in [2.24, 2.45) is 0 Å². The van der Waals surface area contributed by atoms with Gasteiger partial charge >= 0.3 is 5.97 Å². The minimum absolute atomic E-state index is 0.427. The molecule has 0 radical (unpaired) electrons. The molecule has 0 rings (SSSR count). The molecular weight excluding hydrogens is 220 g/mol. The van der Waals surface area contributed by atoms with Gasteiger partial charge in [-0.25, -0.2) is 14.6 Å². The fourth-order valence-corrected chi connectivity index (χ4v) is 1.60. The van der Waals surface area contributed by atoms with Crippen LogP contribution in [-0.4, -0.2) is 23.3 Å². The van der Waals surface area contributed by atoms with E-state index in [1.807, 2.05) is 13.8 Å². The van der Waals surface area contributed by atoms with E-state index in [2.05, 4.69) is 6.92 Å². The Morgan fingerprint density at radius 2 is 1.76 bits per heavy atom. The van der Waals surface area contributed by atoms with E-state index >= 15 is 0 Å². The summed E-state index contributed by atoms with van der Waals surface area (Å²) >= 11 is 0. The second-order valence-electron chi connectivity index (χ2n) is 4.37. The van der Waals surface area contributed by atoms with Gasteiger partial charge in [-0.2, -0.15) is 0 Å². The largest absolute Gasteiger partial charge is 0.479 e. The average molecular weight is 246 g/mol. The molecular formula is C13H26O4. The molecule has 1 atom stereocenters. The van der Waals surface area contributed by atoms with Gasteiger partial charge < -0.3 is 5.11 Å². The van der Waals surface area contributed by atoms with Crippen LogP contribution in [0.25, 0.3) is 0 Å². The number of rotatable bonds is 11. The zero-order valence-corrected chi connectivity index (χ0v) is 11.3. The third-order valence-corrected chi connectivity index (χ3v) is 2.94. The molecule has 0 aromatic rings. The molecule has 17 heavy (non-hydrogen) atoms. The van der Waals surface area contributed by atoms with Gasteiger partial charge in [-0.1, -0.05) is 46.5 Å². The lowest BCUT2D eigenvalue weighted by atomic mass is 9.94. The van der Waals surface area contributed by atoms with Crippen LogP contribution in [-0.2, 0) is 14.6 Å². The molecule has 0 aromatic heterocycles. The predicted octanol–water partition coefficient (Wildman–Crippen LogP) is 3.55. The quantitative estimate of drug-likeness (QED) is 0.344. The zero-order valence-electron chi connectivity index (χ0n) is 11.3. The Hall–Kier alpha value is -0.610. The highest BCUT2D eigenvalue weighted by molar-refractivity contribution is 5.77. The molecule has 0 aliphatic rings. The number of aliphatic carboxylic acids is 1. The second kappa shape index (κ2) is 9.42. The molecule has 0 amide bonds. The van der Waals surface area contributed by atoms with Crippen LogP contribution in [0.4, 0.5) is 0 Å². The van der Waals surface area contributed by atoms with Gasteiger partial charge in [0.05, 0.1) is 6.61 Å². The van der Waals surface area contributed by atoms with Crippen molar-refractivity contribution in [1.29, 1.82) is 0 Å². The first-order valence-corrected chi connectivity index (χ1v) is 6.67. The van der Waals surface area contributed by atoms with E-state index in [9.17, 15) is 9.90 Å². The van der Waals surface area contributed by atoms with Crippen molar-refractivity contribution in [3.8, 4) is 0 Å². The lowest BCUT2D eigenvalue weighted by Gasteiger charge is -2.26. The minimum atomic E-state index is -1.16. The van der Waals surface area contributed by atoms with E-state index in [1.165, 1.54) is 0 Å². The third kappa shape index (κ3) is 6.03. The Balaban J connectivity index is 4.13. The van der Waals surface area contributed by atoms with Gasteiger partial charge in [-0.15, -0.1) is 0 Å². The van der Waals surface area contributed by atoms with Crippen molar-refractivity contribution in [1.82, 2.24) is 0 Å². The van der Waals surface area contributed by atoms with Crippen molar-refractivity contribution >= 4 is 5.97 Å². The molecule has 0 aliphatic heterocycles. The first-order valence-electron chi connectivity index (χ1n) is 6.67. The molecule has 1 N–H and O–H groups in total. The number of carboxylic acid groups (broad SMARTS) is 1. The average Bonchev–Trinajstić information content (AvgIpc) is 2.32. The van der Waals surface area contributed by atoms with Gasteiger partial charge in [-0.3, -0.25) is 0 Å². The van der Waals surface area contributed by atoms with E-state index in [0.717, 1.165) is 32.1 Å². The van der Waals surface area contributed by atoms with Crippen LogP contribution in [0.1, 0.15) is 65.7 Å². The molecule has 0 spiro atoms. The van der Waals surface area contributed by atoms with Gasteiger partial charge in [0.2, 0.25) is 0 Å². The molecule has 0 heterocycles. The summed E-state index contributed by atoms with van der Waals surface area (Å²) in [6, 6.07) is 0. The first-order chi connectivity index (χ1) is 8.13. The van der Waals surface area contributed by atoms with Gasteiger partial charge in [-0.05, 0) is 19.3 Å². The van der Waals surface area contributed by atoms with Crippen LogP contribution in [0, 0.1) is 0 Å². The molecule has 0 aliphatic carbocycles. The maximum atomic E-state index is 11.3. The van der Waals surface area contributed by atoms with Gasteiger partial charge in [0.15, 0.2) is 5.60 Å². The van der Waals surface area contributed by atoms with E-state index in [4.69, 9.17) is 9.78 Å². The van der Waals surface area contributed by atoms with Crippen LogP contribution < -0.4 is 0 Å². The molecule has 1 unspecified atom stereocenters. The maximum Gasteiger partial charge on any atom is 0.339 e. The van der Waals surface area contributed by atoms with Crippen LogP contribution in [0.15, 0.2) is 0 Å². The SMILES string of the molecule is CCCCCOOC(CC)(CCCC)C(=O)O. The Labute approximate surface area is 104 Å². The highest BCUT2D eigenvalue weighted by atomic mass is 17.2. The van der Waals surface area contributed by atoms with Gasteiger partial charge in [0, 0.05) is 0 Å². The van der Waals surface area contributed by atoms with Crippen molar-refractivity contribution in [3.05, 3.63) is 0 Å². The normalized spacial score (nSPS) is 14.5. The summed E-state index contributed by atoms with van der Waals surface area (Å²) in [4.78, 5) is 21.5. The summed E-state index contributed by atoms with van der Waals surface area (Å²) in [5.74, 6) is -0.927. The summed E-state index contributed by atoms with van der Waals surface area (Å²) < 4.78 is 0. The lowest BCUT2D eigenvalue weighted by molar-refractivity contribution is -0.357. The zero-order chi connectivity index (χ0) is 13.1. The number of hydrogen-bond donors (Lipinski definition) is 1. The topological polar surface area (TPSA) is 55.8 Å². The summed E-state index contributed by atoms with van der Waals surface area (Å²) in [6.07, 6.45) is 5.80. The molecule has 0 aromatic carbocycles. The summed E-state index contributed by atoms with van der Waals surface area (Å²) in [7, 11) is 0. The van der Waals surface area contributed by atoms with Crippen LogP contribution in [0.5, 0.6) is 0 Å². The second-order valence-corrected chi connectivity index (χ2v) is 4.37. The van der Waals surface area contributed by atoms with Crippen LogP contribution in [0.3, 0.4) is 0 Å². The van der Waals surface area contributed by atoms with Crippen LogP contribution in [0.2, 0.25) is 0 Å². The van der Waals surface area contributed by atoms with E-state index < -0.39 is 11.6 Å². The van der Waals surface area contributed by atoms with Gasteiger partial charge in [0.25, 0.3) is 0 Å². The smallest absolute Gasteiger partial charge is 0.339 e. The third-order valence-electron chi connectivity index (χ3n) is 2.94. The molecule has 4 heteroatoms. The molecule has 0 bridgehead atoms. The summed E-state index contributed by atoms with van der Waals surface area (Å²) in [6.45, 7) is 6.42. The first kappa shape index (κ1) is 16.4. The number of hydrogen-bond acceptors (Lipinski definition) is 3. The number of carbonyl (C=O) groups is 1. The standard InChI is InChI=1S/C13H26O4/c1-4-7-9-11-16-17-13(6-3,12(14)15)10-8-5-2/h4-11H2,1-3H3,(H,14,15). The number of unbranched alkanes of at least 4 members (excludes halogenated alkanes) is 3. The molecule has 102 valence electrons. The van der Waals surface area contributed by atoms with E-state index in [1.54, 1.807) is 0 Å². The monoisotopic (exact) mass is 246 g/mol. The lowest BCUT2D eigenvalue weighted by Crippen LogP contribution is -2.41. The Morgan fingerprint density at radius 1 is 1.12 bits per heavy atom. The Morgan fingerprint density at radius 3 is 2.24 bits per heavy atom. The van der Waals surface area contributed by atoms with Crippen molar-refractivity contribution in [2.45, 2.75) is 71.3 Å². The predicted molar refractivity (Wildman–Crippen MR) is 66.7 cm³/mol. The van der Waals surface area contributed by atoms with Crippen molar-refractivity contribution in [3.63, 3.8) is 0 Å². The fourth-order valence-electron chi connectivity index (χ4n) is 1.60. The van der Waals surface area contributed by atoms with Gasteiger partial charge in [0.1, 0.15) is 0 Å². The highest BCUT2D eigenvalue weighted by Crippen LogP contribution is 2.24. The number of carboxylic acids is 1. The van der Waals surface area contributed by atoms with E-state index in [-0.39, 0.29) is 0 Å². The van der Waals surface area contributed by atoms with Crippen molar-refractivity contribution < 1.29 is 19.7 Å². The molecule has 0 fully saturated rings. The Kier molecular flexibility index (Phi) is 9.09. The minimum Gasteiger partial charge on any atom is -0.479 e. The van der Waals surface area contributed by atoms with Crippen molar-refractivity contribution in [2.75, 3.05) is 6.61 Å². The highest BCUT2D eigenvalue weighted by Gasteiger charge is 2.38.